The first-order chi connectivity index (χ1) is 14.6. The molecule has 0 aliphatic heterocycles. The van der Waals surface area contributed by atoms with E-state index in [9.17, 15) is 9.59 Å². The molecule has 6 heteroatoms. The number of anilines is 1. The van der Waals surface area contributed by atoms with Gasteiger partial charge in [0.05, 0.1) is 19.8 Å². The van der Waals surface area contributed by atoms with E-state index in [0.717, 1.165) is 5.39 Å². The molecule has 0 saturated heterocycles. The van der Waals surface area contributed by atoms with Crippen LogP contribution in [0.4, 0.5) is 5.69 Å². The SMILES string of the molecule is COc1cc(OC)cc(C(=O)Nc2ccc(-c3cc4ccccc4oc3=O)cc2)c1. The average Bonchev–Trinajstić information content (AvgIpc) is 2.78. The minimum absolute atomic E-state index is 0.301. The summed E-state index contributed by atoms with van der Waals surface area (Å²) >= 11 is 0. The maximum atomic E-state index is 12.6. The topological polar surface area (TPSA) is 77.8 Å². The molecule has 1 heterocycles. The first kappa shape index (κ1) is 19.3. The highest BCUT2D eigenvalue weighted by Gasteiger charge is 2.12. The summed E-state index contributed by atoms with van der Waals surface area (Å²) in [5.74, 6) is 0.751. The predicted octanol–water partition coefficient (Wildman–Crippen LogP) is 4.73. The van der Waals surface area contributed by atoms with Crippen LogP contribution < -0.4 is 20.4 Å². The number of carbonyl (C=O) groups excluding carboxylic acids is 1. The number of amides is 1. The number of carbonyl (C=O) groups is 1. The van der Waals surface area contributed by atoms with E-state index in [1.54, 1.807) is 54.6 Å². The predicted molar refractivity (Wildman–Crippen MR) is 115 cm³/mol. The Morgan fingerprint density at radius 2 is 1.53 bits per heavy atom. The van der Waals surface area contributed by atoms with E-state index in [1.165, 1.54) is 14.2 Å². The number of hydrogen-bond acceptors (Lipinski definition) is 5. The zero-order valence-electron chi connectivity index (χ0n) is 16.5. The molecule has 0 fully saturated rings. The molecule has 3 aromatic carbocycles. The number of hydrogen-bond donors (Lipinski definition) is 1. The number of fused-ring (bicyclic) bond motifs is 1. The highest BCUT2D eigenvalue weighted by atomic mass is 16.5. The van der Waals surface area contributed by atoms with Crippen LogP contribution in [0.15, 0.2) is 82.0 Å². The first-order valence-electron chi connectivity index (χ1n) is 9.25. The molecule has 1 aromatic heterocycles. The smallest absolute Gasteiger partial charge is 0.344 e. The molecule has 6 nitrogen and oxygen atoms in total. The first-order valence-corrected chi connectivity index (χ1v) is 9.25. The van der Waals surface area contributed by atoms with Crippen molar-refractivity contribution in [2.75, 3.05) is 19.5 Å². The summed E-state index contributed by atoms with van der Waals surface area (Å²) in [6.45, 7) is 0. The van der Waals surface area contributed by atoms with Gasteiger partial charge in [-0.25, -0.2) is 4.79 Å². The number of ether oxygens (including phenoxy) is 2. The largest absolute Gasteiger partial charge is 0.497 e. The summed E-state index contributed by atoms with van der Waals surface area (Å²) in [5.41, 5.74) is 2.30. The zero-order chi connectivity index (χ0) is 21.1. The quantitative estimate of drug-likeness (QED) is 0.489. The Morgan fingerprint density at radius 3 is 2.20 bits per heavy atom. The number of benzene rings is 3. The van der Waals surface area contributed by atoms with E-state index >= 15 is 0 Å². The lowest BCUT2D eigenvalue weighted by molar-refractivity contribution is 0.102. The third-order valence-corrected chi connectivity index (χ3v) is 4.71. The van der Waals surface area contributed by atoms with Crippen molar-refractivity contribution >= 4 is 22.6 Å². The number of methoxy groups -OCH3 is 2. The second kappa shape index (κ2) is 8.13. The van der Waals surface area contributed by atoms with E-state index in [-0.39, 0.29) is 5.91 Å². The van der Waals surface area contributed by atoms with Gasteiger partial charge in [-0.05, 0) is 42.0 Å². The summed E-state index contributed by atoms with van der Waals surface area (Å²) in [6.07, 6.45) is 0. The Kier molecular flexibility index (Phi) is 5.22. The molecule has 30 heavy (non-hydrogen) atoms. The van der Waals surface area contributed by atoms with Gasteiger partial charge in [-0.2, -0.15) is 0 Å². The highest BCUT2D eigenvalue weighted by Crippen LogP contribution is 2.25. The van der Waals surface area contributed by atoms with E-state index < -0.39 is 5.63 Å². The normalized spacial score (nSPS) is 10.6. The molecule has 4 aromatic rings. The van der Waals surface area contributed by atoms with Gasteiger partial charge in [0.15, 0.2) is 0 Å². The molecule has 4 rings (SSSR count). The Balaban J connectivity index is 1.58. The molecular formula is C24H19NO5. The fourth-order valence-corrected chi connectivity index (χ4v) is 3.14. The molecule has 0 bridgehead atoms. The fourth-order valence-electron chi connectivity index (χ4n) is 3.14. The van der Waals surface area contributed by atoms with Crippen LogP contribution in [0.2, 0.25) is 0 Å². The summed E-state index contributed by atoms with van der Waals surface area (Å²) in [5, 5.41) is 3.68. The lowest BCUT2D eigenvalue weighted by Gasteiger charge is -2.10. The van der Waals surface area contributed by atoms with Crippen LogP contribution in [0.5, 0.6) is 11.5 Å². The van der Waals surface area contributed by atoms with Crippen LogP contribution in [0.3, 0.4) is 0 Å². The van der Waals surface area contributed by atoms with Crippen molar-refractivity contribution < 1.29 is 18.7 Å². The van der Waals surface area contributed by atoms with E-state index in [0.29, 0.717) is 39.5 Å². The number of nitrogens with one attached hydrogen (secondary N) is 1. The van der Waals surface area contributed by atoms with Gasteiger partial charge in [0, 0.05) is 22.7 Å². The van der Waals surface area contributed by atoms with Gasteiger partial charge in [-0.15, -0.1) is 0 Å². The van der Waals surface area contributed by atoms with E-state index in [2.05, 4.69) is 5.32 Å². The van der Waals surface area contributed by atoms with Crippen LogP contribution in [0.1, 0.15) is 10.4 Å². The molecule has 0 aliphatic carbocycles. The van der Waals surface area contributed by atoms with Crippen LogP contribution in [0.25, 0.3) is 22.1 Å². The maximum Gasteiger partial charge on any atom is 0.344 e. The minimum Gasteiger partial charge on any atom is -0.497 e. The van der Waals surface area contributed by atoms with Crippen molar-refractivity contribution in [3.8, 4) is 22.6 Å². The standard InChI is InChI=1S/C24H19NO5/c1-28-19-11-17(12-20(14-19)29-2)23(26)25-18-9-7-15(8-10-18)21-13-16-5-3-4-6-22(16)30-24(21)27/h3-14H,1-2H3,(H,25,26). The van der Waals surface area contributed by atoms with Crippen molar-refractivity contribution in [3.05, 3.63) is 88.8 Å². The highest BCUT2D eigenvalue weighted by molar-refractivity contribution is 6.05. The second-order valence-electron chi connectivity index (χ2n) is 6.62. The van der Waals surface area contributed by atoms with Gasteiger partial charge < -0.3 is 19.2 Å². The second-order valence-corrected chi connectivity index (χ2v) is 6.62. The van der Waals surface area contributed by atoms with Crippen LogP contribution in [-0.2, 0) is 0 Å². The molecule has 1 N–H and O–H groups in total. The Hall–Kier alpha value is -4.06. The van der Waals surface area contributed by atoms with Crippen molar-refractivity contribution in [1.82, 2.24) is 0 Å². The summed E-state index contributed by atoms with van der Waals surface area (Å²) in [7, 11) is 3.05. The summed E-state index contributed by atoms with van der Waals surface area (Å²) in [6, 6.07) is 21.1. The van der Waals surface area contributed by atoms with Gasteiger partial charge in [-0.3, -0.25) is 4.79 Å². The maximum absolute atomic E-state index is 12.6. The summed E-state index contributed by atoms with van der Waals surface area (Å²) in [4.78, 5) is 25.0. The van der Waals surface area contributed by atoms with Gasteiger partial charge in [0.25, 0.3) is 5.91 Å². The molecule has 150 valence electrons. The van der Waals surface area contributed by atoms with Gasteiger partial charge in [0.1, 0.15) is 17.1 Å². The van der Waals surface area contributed by atoms with Crippen LogP contribution in [-0.4, -0.2) is 20.1 Å². The Morgan fingerprint density at radius 1 is 0.867 bits per heavy atom. The monoisotopic (exact) mass is 401 g/mol. The molecule has 0 saturated carbocycles. The molecule has 0 atom stereocenters. The Labute approximate surface area is 172 Å². The molecular weight excluding hydrogens is 382 g/mol. The fraction of sp³-hybridized carbons (Fsp3) is 0.0833. The molecule has 1 amide bonds. The molecule has 0 spiro atoms. The van der Waals surface area contributed by atoms with Crippen LogP contribution >= 0.6 is 0 Å². The summed E-state index contributed by atoms with van der Waals surface area (Å²) < 4.78 is 15.8. The van der Waals surface area contributed by atoms with Crippen molar-refractivity contribution in [1.29, 1.82) is 0 Å². The lowest BCUT2D eigenvalue weighted by atomic mass is 10.1. The van der Waals surface area contributed by atoms with Crippen molar-refractivity contribution in [2.45, 2.75) is 0 Å². The Bertz CT molecular complexity index is 1250. The average molecular weight is 401 g/mol. The minimum atomic E-state index is -0.408. The van der Waals surface area contributed by atoms with Crippen molar-refractivity contribution in [3.63, 3.8) is 0 Å². The molecule has 0 radical (unpaired) electrons. The van der Waals surface area contributed by atoms with E-state index in [4.69, 9.17) is 13.9 Å². The number of rotatable bonds is 5. The number of para-hydroxylation sites is 1. The molecule has 0 unspecified atom stereocenters. The zero-order valence-corrected chi connectivity index (χ0v) is 16.5. The van der Waals surface area contributed by atoms with Gasteiger partial charge in [0.2, 0.25) is 0 Å². The van der Waals surface area contributed by atoms with Gasteiger partial charge in [-0.1, -0.05) is 30.3 Å². The third-order valence-electron chi connectivity index (χ3n) is 4.71. The third kappa shape index (κ3) is 3.89. The van der Waals surface area contributed by atoms with Gasteiger partial charge >= 0.3 is 5.63 Å². The van der Waals surface area contributed by atoms with Crippen LogP contribution in [0, 0.1) is 0 Å². The van der Waals surface area contributed by atoms with Crippen molar-refractivity contribution in [2.24, 2.45) is 0 Å². The van der Waals surface area contributed by atoms with E-state index in [1.807, 2.05) is 18.2 Å². The molecule has 0 aliphatic rings. The lowest BCUT2D eigenvalue weighted by Crippen LogP contribution is -2.12.